The Kier molecular flexibility index (Phi) is 4.25. The quantitative estimate of drug-likeness (QED) is 0.926. The summed E-state index contributed by atoms with van der Waals surface area (Å²) in [6.45, 7) is 0.993. The van der Waals surface area contributed by atoms with Crippen LogP contribution in [-0.4, -0.2) is 12.5 Å². The van der Waals surface area contributed by atoms with Crippen molar-refractivity contribution >= 4 is 21.8 Å². The summed E-state index contributed by atoms with van der Waals surface area (Å²) in [7, 11) is 0. The number of carbonyl (C=O) groups excluding carboxylic acids is 1. The second kappa shape index (κ2) is 6.31. The van der Waals surface area contributed by atoms with E-state index in [-0.39, 0.29) is 11.8 Å². The highest BCUT2D eigenvalue weighted by Crippen LogP contribution is 2.26. The van der Waals surface area contributed by atoms with Crippen LogP contribution in [0.5, 0.6) is 5.75 Å². The maximum atomic E-state index is 12.2. The minimum atomic E-state index is -0.115. The van der Waals surface area contributed by atoms with Gasteiger partial charge < -0.3 is 10.1 Å². The first-order chi connectivity index (χ1) is 10.2. The molecular weight excluding hydrogens is 330 g/mol. The summed E-state index contributed by atoms with van der Waals surface area (Å²) in [5.74, 6) is 0.831. The lowest BCUT2D eigenvalue weighted by atomic mass is 9.96. The molecule has 0 spiro atoms. The van der Waals surface area contributed by atoms with Crippen molar-refractivity contribution in [3.05, 3.63) is 64.1 Å². The number of fused-ring (bicyclic) bond motifs is 1. The summed E-state index contributed by atoms with van der Waals surface area (Å²) in [6, 6.07) is 15.8. The molecule has 0 aliphatic carbocycles. The summed E-state index contributed by atoms with van der Waals surface area (Å²) >= 11 is 3.40. The number of nitrogens with one attached hydrogen (secondary N) is 1. The SMILES string of the molecule is O=C(NCc1ccc(Br)cc1)C1COc2ccccc2C1. The summed E-state index contributed by atoms with van der Waals surface area (Å²) in [4.78, 5) is 12.2. The number of halogens is 1. The lowest BCUT2D eigenvalue weighted by Gasteiger charge is -2.24. The van der Waals surface area contributed by atoms with Gasteiger partial charge in [-0.2, -0.15) is 0 Å². The van der Waals surface area contributed by atoms with Crippen molar-refractivity contribution in [1.29, 1.82) is 0 Å². The molecule has 3 rings (SSSR count). The Morgan fingerprint density at radius 2 is 1.95 bits per heavy atom. The van der Waals surface area contributed by atoms with Gasteiger partial charge in [0.15, 0.2) is 0 Å². The molecule has 2 aromatic rings. The van der Waals surface area contributed by atoms with Crippen LogP contribution in [0.25, 0.3) is 0 Å². The minimum absolute atomic E-state index is 0.0485. The summed E-state index contributed by atoms with van der Waals surface area (Å²) in [6.07, 6.45) is 0.738. The molecule has 0 aromatic heterocycles. The highest BCUT2D eigenvalue weighted by molar-refractivity contribution is 9.10. The number of rotatable bonds is 3. The number of ether oxygens (including phenoxy) is 1. The highest BCUT2D eigenvalue weighted by atomic mass is 79.9. The zero-order valence-electron chi connectivity index (χ0n) is 11.5. The van der Waals surface area contributed by atoms with Crippen molar-refractivity contribution in [2.45, 2.75) is 13.0 Å². The normalized spacial score (nSPS) is 16.7. The molecule has 0 fully saturated rings. The first-order valence-electron chi connectivity index (χ1n) is 6.95. The van der Waals surface area contributed by atoms with Gasteiger partial charge in [-0.05, 0) is 35.7 Å². The molecule has 0 bridgehead atoms. The molecule has 1 aliphatic heterocycles. The number of benzene rings is 2. The van der Waals surface area contributed by atoms with E-state index >= 15 is 0 Å². The van der Waals surface area contributed by atoms with Crippen LogP contribution in [0, 0.1) is 5.92 Å². The third-order valence-electron chi connectivity index (χ3n) is 3.63. The fourth-order valence-electron chi connectivity index (χ4n) is 2.43. The standard InChI is InChI=1S/C17H16BrNO2/c18-15-7-5-12(6-8-15)10-19-17(20)14-9-13-3-1-2-4-16(13)21-11-14/h1-8,14H,9-11H2,(H,19,20). The third-order valence-corrected chi connectivity index (χ3v) is 4.16. The molecule has 1 aliphatic rings. The second-order valence-electron chi connectivity index (χ2n) is 5.16. The van der Waals surface area contributed by atoms with Crippen molar-refractivity contribution in [2.24, 2.45) is 5.92 Å². The monoisotopic (exact) mass is 345 g/mol. The molecule has 1 unspecified atom stereocenters. The van der Waals surface area contributed by atoms with E-state index in [1.54, 1.807) is 0 Å². The molecule has 2 aromatic carbocycles. The van der Waals surface area contributed by atoms with Crippen molar-refractivity contribution in [2.75, 3.05) is 6.61 Å². The molecule has 0 saturated carbocycles. The maximum Gasteiger partial charge on any atom is 0.227 e. The van der Waals surface area contributed by atoms with Gasteiger partial charge in [-0.3, -0.25) is 4.79 Å². The van der Waals surface area contributed by atoms with E-state index in [4.69, 9.17) is 4.74 Å². The smallest absolute Gasteiger partial charge is 0.227 e. The number of para-hydroxylation sites is 1. The first kappa shape index (κ1) is 14.1. The predicted molar refractivity (Wildman–Crippen MR) is 85.1 cm³/mol. The Morgan fingerprint density at radius 3 is 2.76 bits per heavy atom. The van der Waals surface area contributed by atoms with E-state index in [1.807, 2.05) is 48.5 Å². The van der Waals surface area contributed by atoms with E-state index in [0.29, 0.717) is 13.2 Å². The molecule has 3 nitrogen and oxygen atoms in total. The van der Waals surface area contributed by atoms with Crippen LogP contribution >= 0.6 is 15.9 Å². The predicted octanol–water partition coefficient (Wildman–Crippen LogP) is 3.32. The van der Waals surface area contributed by atoms with Gasteiger partial charge in [0.2, 0.25) is 5.91 Å². The van der Waals surface area contributed by atoms with Gasteiger partial charge in [0, 0.05) is 11.0 Å². The topological polar surface area (TPSA) is 38.3 Å². The van der Waals surface area contributed by atoms with E-state index in [1.165, 1.54) is 0 Å². The van der Waals surface area contributed by atoms with Gasteiger partial charge in [-0.15, -0.1) is 0 Å². The average Bonchev–Trinajstić information content (AvgIpc) is 2.53. The Balaban J connectivity index is 1.58. The fourth-order valence-corrected chi connectivity index (χ4v) is 2.70. The molecule has 1 atom stereocenters. The zero-order chi connectivity index (χ0) is 14.7. The van der Waals surface area contributed by atoms with E-state index in [2.05, 4.69) is 21.2 Å². The molecule has 4 heteroatoms. The van der Waals surface area contributed by atoms with Crippen molar-refractivity contribution < 1.29 is 9.53 Å². The van der Waals surface area contributed by atoms with Gasteiger partial charge in [0.05, 0.1) is 5.92 Å². The first-order valence-corrected chi connectivity index (χ1v) is 7.74. The number of amides is 1. The number of carbonyl (C=O) groups is 1. The van der Waals surface area contributed by atoms with Crippen LogP contribution < -0.4 is 10.1 Å². The molecule has 1 N–H and O–H groups in total. The average molecular weight is 346 g/mol. The minimum Gasteiger partial charge on any atom is -0.492 e. The van der Waals surface area contributed by atoms with Gasteiger partial charge in [-0.1, -0.05) is 46.3 Å². The second-order valence-corrected chi connectivity index (χ2v) is 6.08. The molecule has 1 amide bonds. The summed E-state index contributed by atoms with van der Waals surface area (Å²) in [5.41, 5.74) is 2.19. The third kappa shape index (κ3) is 3.45. The van der Waals surface area contributed by atoms with Crippen LogP contribution in [0.4, 0.5) is 0 Å². The van der Waals surface area contributed by atoms with Crippen LogP contribution in [0.3, 0.4) is 0 Å². The molecule has 1 heterocycles. The largest absolute Gasteiger partial charge is 0.492 e. The van der Waals surface area contributed by atoms with E-state index in [0.717, 1.165) is 27.8 Å². The summed E-state index contributed by atoms with van der Waals surface area (Å²) in [5, 5.41) is 2.98. The Morgan fingerprint density at radius 1 is 1.19 bits per heavy atom. The maximum absolute atomic E-state index is 12.2. The van der Waals surface area contributed by atoms with Crippen LogP contribution in [0.2, 0.25) is 0 Å². The van der Waals surface area contributed by atoms with Crippen molar-refractivity contribution in [3.8, 4) is 5.75 Å². The van der Waals surface area contributed by atoms with Crippen molar-refractivity contribution in [3.63, 3.8) is 0 Å². The van der Waals surface area contributed by atoms with Gasteiger partial charge in [0.25, 0.3) is 0 Å². The molecule has 0 saturated heterocycles. The molecule has 21 heavy (non-hydrogen) atoms. The Labute approximate surface area is 132 Å². The van der Waals surface area contributed by atoms with E-state index in [9.17, 15) is 4.79 Å². The molecular formula is C17H16BrNO2. The van der Waals surface area contributed by atoms with Crippen LogP contribution in [0.15, 0.2) is 53.0 Å². The van der Waals surface area contributed by atoms with Crippen LogP contribution in [-0.2, 0) is 17.8 Å². The number of hydrogen-bond donors (Lipinski definition) is 1. The lowest BCUT2D eigenvalue weighted by Crippen LogP contribution is -2.37. The van der Waals surface area contributed by atoms with Crippen LogP contribution in [0.1, 0.15) is 11.1 Å². The molecule has 0 radical (unpaired) electrons. The number of hydrogen-bond acceptors (Lipinski definition) is 2. The fraction of sp³-hybridized carbons (Fsp3) is 0.235. The van der Waals surface area contributed by atoms with Gasteiger partial charge >= 0.3 is 0 Å². The Bertz CT molecular complexity index is 639. The van der Waals surface area contributed by atoms with Crippen molar-refractivity contribution in [1.82, 2.24) is 5.32 Å². The van der Waals surface area contributed by atoms with Gasteiger partial charge in [0.1, 0.15) is 12.4 Å². The molecule has 108 valence electrons. The lowest BCUT2D eigenvalue weighted by molar-refractivity contribution is -0.126. The Hall–Kier alpha value is -1.81. The highest BCUT2D eigenvalue weighted by Gasteiger charge is 2.25. The summed E-state index contributed by atoms with van der Waals surface area (Å²) < 4.78 is 6.69. The van der Waals surface area contributed by atoms with E-state index < -0.39 is 0 Å². The zero-order valence-corrected chi connectivity index (χ0v) is 13.1. The van der Waals surface area contributed by atoms with Gasteiger partial charge in [-0.25, -0.2) is 0 Å².